The molecule has 2 aromatic carbocycles. The normalized spacial score (nSPS) is 10.8. The lowest BCUT2D eigenvalue weighted by atomic mass is 10.1. The first-order valence-corrected chi connectivity index (χ1v) is 9.93. The summed E-state index contributed by atoms with van der Waals surface area (Å²) in [5.41, 5.74) is 2.29. The molecule has 0 unspecified atom stereocenters. The Morgan fingerprint density at radius 3 is 2.59 bits per heavy atom. The lowest BCUT2D eigenvalue weighted by molar-refractivity contribution is 0.0903. The maximum absolute atomic E-state index is 11.6. The zero-order valence-electron chi connectivity index (χ0n) is 15.8. The van der Waals surface area contributed by atoms with Gasteiger partial charge in [-0.3, -0.25) is 4.79 Å². The van der Waals surface area contributed by atoms with E-state index in [0.717, 1.165) is 22.0 Å². The van der Waals surface area contributed by atoms with Gasteiger partial charge in [-0.05, 0) is 29.1 Å². The summed E-state index contributed by atoms with van der Waals surface area (Å²) in [5.74, 6) is 1.83. The molecule has 1 N–H and O–H groups in total. The molecule has 4 aromatic rings. The van der Waals surface area contributed by atoms with Crippen molar-refractivity contribution in [1.82, 2.24) is 14.8 Å². The molecular formula is C22H19N3O3S. The van der Waals surface area contributed by atoms with Gasteiger partial charge < -0.3 is 9.84 Å². The maximum Gasteiger partial charge on any atom is 0.191 e. The van der Waals surface area contributed by atoms with E-state index in [2.05, 4.69) is 0 Å². The van der Waals surface area contributed by atoms with Crippen molar-refractivity contribution in [2.24, 2.45) is 0 Å². The van der Waals surface area contributed by atoms with Crippen molar-refractivity contribution in [2.75, 3.05) is 13.7 Å². The highest BCUT2D eigenvalue weighted by Gasteiger charge is 2.17. The van der Waals surface area contributed by atoms with Gasteiger partial charge in [0, 0.05) is 12.0 Å². The summed E-state index contributed by atoms with van der Waals surface area (Å²) in [6.45, 7) is -0.494. The number of hydrogen-bond donors (Lipinski definition) is 1. The van der Waals surface area contributed by atoms with Crippen LogP contribution in [0.4, 0.5) is 0 Å². The monoisotopic (exact) mass is 405 g/mol. The highest BCUT2D eigenvalue weighted by atomic mass is 32.1. The lowest BCUT2D eigenvalue weighted by Crippen LogP contribution is -2.07. The third kappa shape index (κ3) is 3.96. The van der Waals surface area contributed by atoms with Crippen LogP contribution >= 0.6 is 11.3 Å². The summed E-state index contributed by atoms with van der Waals surface area (Å²) in [6.07, 6.45) is 0.532. The van der Waals surface area contributed by atoms with Gasteiger partial charge in [-0.1, -0.05) is 42.5 Å². The number of hydrogen-bond acceptors (Lipinski definition) is 6. The van der Waals surface area contributed by atoms with Gasteiger partial charge in [-0.15, -0.1) is 16.4 Å². The Morgan fingerprint density at radius 1 is 1.10 bits per heavy atom. The molecule has 2 heterocycles. The van der Waals surface area contributed by atoms with Crippen LogP contribution in [-0.4, -0.2) is 39.4 Å². The Balaban J connectivity index is 1.74. The van der Waals surface area contributed by atoms with Crippen molar-refractivity contribution in [3.8, 4) is 22.1 Å². The number of benzene rings is 2. The maximum atomic E-state index is 11.6. The van der Waals surface area contributed by atoms with E-state index < -0.39 is 6.61 Å². The van der Waals surface area contributed by atoms with Crippen molar-refractivity contribution in [3.05, 3.63) is 83.0 Å². The summed E-state index contributed by atoms with van der Waals surface area (Å²) in [7, 11) is 1.63. The van der Waals surface area contributed by atoms with E-state index >= 15 is 0 Å². The number of ether oxygens (including phenoxy) is 1. The average Bonchev–Trinajstić information content (AvgIpc) is 3.44. The molecule has 146 valence electrons. The Hall–Kier alpha value is -3.29. The lowest BCUT2D eigenvalue weighted by Gasteiger charge is -2.10. The molecule has 0 saturated carbocycles. The van der Waals surface area contributed by atoms with Crippen LogP contribution in [0.3, 0.4) is 0 Å². The zero-order valence-corrected chi connectivity index (χ0v) is 16.6. The van der Waals surface area contributed by atoms with Gasteiger partial charge in [0.2, 0.25) is 0 Å². The van der Waals surface area contributed by atoms with Crippen LogP contribution in [0.1, 0.15) is 21.7 Å². The number of methoxy groups -OCH3 is 1. The zero-order chi connectivity index (χ0) is 20.2. The summed E-state index contributed by atoms with van der Waals surface area (Å²) >= 11 is 1.59. The number of carbonyl (C=O) groups is 1. The van der Waals surface area contributed by atoms with Gasteiger partial charge in [0.1, 0.15) is 23.9 Å². The summed E-state index contributed by atoms with van der Waals surface area (Å²) in [5, 5.41) is 15.7. The molecule has 0 aliphatic carbocycles. The van der Waals surface area contributed by atoms with Crippen molar-refractivity contribution >= 4 is 17.1 Å². The molecule has 29 heavy (non-hydrogen) atoms. The van der Waals surface area contributed by atoms with Gasteiger partial charge in [0.25, 0.3) is 0 Å². The molecule has 7 heteroatoms. The topological polar surface area (TPSA) is 77.2 Å². The number of aromatic nitrogens is 3. The van der Waals surface area contributed by atoms with E-state index in [9.17, 15) is 4.79 Å². The molecule has 0 saturated heterocycles. The number of nitrogens with zero attached hydrogens (tertiary/aromatic N) is 3. The minimum absolute atomic E-state index is 0.297. The largest absolute Gasteiger partial charge is 0.494 e. The first kappa shape index (κ1) is 19.0. The second kappa shape index (κ2) is 8.38. The smallest absolute Gasteiger partial charge is 0.191 e. The van der Waals surface area contributed by atoms with Crippen molar-refractivity contribution in [3.63, 3.8) is 0 Å². The third-order valence-corrected chi connectivity index (χ3v) is 5.38. The molecule has 4 rings (SSSR count). The molecule has 0 bridgehead atoms. The average molecular weight is 405 g/mol. The van der Waals surface area contributed by atoms with E-state index in [-0.39, 0.29) is 5.78 Å². The van der Waals surface area contributed by atoms with E-state index in [4.69, 9.17) is 19.9 Å². The van der Waals surface area contributed by atoms with Gasteiger partial charge in [-0.25, -0.2) is 9.67 Å². The van der Waals surface area contributed by atoms with Crippen molar-refractivity contribution < 1.29 is 14.6 Å². The van der Waals surface area contributed by atoms with Crippen LogP contribution in [0.2, 0.25) is 0 Å². The number of thiophene rings is 1. The summed E-state index contributed by atoms with van der Waals surface area (Å²) < 4.78 is 7.32. The van der Waals surface area contributed by atoms with Crippen LogP contribution in [-0.2, 0) is 6.42 Å². The fraction of sp³-hybridized carbons (Fsp3) is 0.136. The molecular weight excluding hydrogens is 386 g/mol. The van der Waals surface area contributed by atoms with E-state index in [1.165, 1.54) is 0 Å². The molecule has 0 aliphatic heterocycles. The fourth-order valence-electron chi connectivity index (χ4n) is 3.05. The number of Topliss-reactive ketones (excluding diaryl/α,β-unsaturated/α-hetero) is 1. The SMILES string of the molecule is COc1ccccc1-n1nc(-c2cccs2)nc1Cc1ccc(C(=O)CO)cc1. The Kier molecular flexibility index (Phi) is 5.50. The minimum atomic E-state index is -0.494. The van der Waals surface area contributed by atoms with Gasteiger partial charge >= 0.3 is 0 Å². The first-order valence-electron chi connectivity index (χ1n) is 9.06. The Bertz CT molecular complexity index is 1120. The molecule has 2 aromatic heterocycles. The third-order valence-electron chi connectivity index (χ3n) is 4.51. The summed E-state index contributed by atoms with van der Waals surface area (Å²) in [4.78, 5) is 17.4. The van der Waals surface area contributed by atoms with Gasteiger partial charge in [-0.2, -0.15) is 0 Å². The van der Waals surface area contributed by atoms with Crippen molar-refractivity contribution in [1.29, 1.82) is 0 Å². The molecule has 0 aliphatic rings. The number of aliphatic hydroxyl groups is 1. The van der Waals surface area contributed by atoms with E-state index in [1.54, 1.807) is 35.3 Å². The Morgan fingerprint density at radius 2 is 1.90 bits per heavy atom. The second-order valence-corrected chi connectivity index (χ2v) is 7.32. The van der Waals surface area contributed by atoms with Crippen molar-refractivity contribution in [2.45, 2.75) is 6.42 Å². The standard InChI is InChI=1S/C22H19N3O3S/c1-28-19-6-3-2-5-17(19)25-21(23-22(24-25)20-7-4-12-29-20)13-15-8-10-16(11-9-15)18(27)14-26/h2-12,26H,13-14H2,1H3. The molecule has 0 fully saturated rings. The van der Waals surface area contributed by atoms with E-state index in [1.807, 2.05) is 53.9 Å². The molecule has 0 amide bonds. The number of carbonyl (C=O) groups excluding carboxylic acids is 1. The molecule has 0 spiro atoms. The van der Waals surface area contributed by atoms with Crippen LogP contribution in [0.5, 0.6) is 5.75 Å². The van der Waals surface area contributed by atoms with Crippen LogP contribution in [0, 0.1) is 0 Å². The molecule has 0 atom stereocenters. The number of para-hydroxylation sites is 2. The van der Waals surface area contributed by atoms with E-state index in [0.29, 0.717) is 23.6 Å². The quantitative estimate of drug-likeness (QED) is 0.474. The molecule has 0 radical (unpaired) electrons. The second-order valence-electron chi connectivity index (χ2n) is 6.37. The summed E-state index contributed by atoms with van der Waals surface area (Å²) in [6, 6.07) is 18.8. The number of ketones is 1. The predicted octanol–water partition coefficient (Wildman–Crippen LogP) is 3.77. The van der Waals surface area contributed by atoms with Crippen LogP contribution in [0.15, 0.2) is 66.0 Å². The van der Waals surface area contributed by atoms with Gasteiger partial charge in [0.15, 0.2) is 11.6 Å². The van der Waals surface area contributed by atoms with Crippen LogP contribution in [0.25, 0.3) is 16.4 Å². The first-order chi connectivity index (χ1) is 14.2. The number of aliphatic hydroxyl groups excluding tert-OH is 1. The van der Waals surface area contributed by atoms with Crippen LogP contribution < -0.4 is 4.74 Å². The highest BCUT2D eigenvalue weighted by molar-refractivity contribution is 7.13. The fourth-order valence-corrected chi connectivity index (χ4v) is 3.70. The highest BCUT2D eigenvalue weighted by Crippen LogP contribution is 2.27. The van der Waals surface area contributed by atoms with Gasteiger partial charge in [0.05, 0.1) is 12.0 Å². The minimum Gasteiger partial charge on any atom is -0.494 e. The Labute approximate surface area is 172 Å². The predicted molar refractivity (Wildman–Crippen MR) is 112 cm³/mol. The number of rotatable bonds is 7. The molecule has 6 nitrogen and oxygen atoms in total.